The fourth-order valence-electron chi connectivity index (χ4n) is 2.54. The summed E-state index contributed by atoms with van der Waals surface area (Å²) in [7, 11) is 0. The molecule has 0 saturated carbocycles. The van der Waals surface area contributed by atoms with Crippen molar-refractivity contribution in [2.45, 2.75) is 39.2 Å². The van der Waals surface area contributed by atoms with Gasteiger partial charge in [0.2, 0.25) is 0 Å². The Morgan fingerprint density at radius 2 is 2.12 bits per heavy atom. The van der Waals surface area contributed by atoms with Crippen LogP contribution in [0.25, 0.3) is 0 Å². The lowest BCUT2D eigenvalue weighted by atomic mass is 10.0. The molecule has 1 atom stereocenters. The summed E-state index contributed by atoms with van der Waals surface area (Å²) in [6.45, 7) is 6.33. The number of likely N-dealkylation sites (tertiary alicyclic amines) is 1. The maximum absolute atomic E-state index is 11.3. The summed E-state index contributed by atoms with van der Waals surface area (Å²) in [5.74, 6) is 0.421. The fourth-order valence-corrected chi connectivity index (χ4v) is 2.54. The van der Waals surface area contributed by atoms with Crippen molar-refractivity contribution in [2.24, 2.45) is 0 Å². The number of carbonyl (C=O) groups is 1. The van der Waals surface area contributed by atoms with E-state index in [0.717, 1.165) is 32.4 Å². The molecule has 1 fully saturated rings. The number of nitrogens with zero attached hydrogens (tertiary/aromatic N) is 1. The number of piperidine rings is 1. The monoisotopic (exact) mass is 231 g/mol. The highest BCUT2D eigenvalue weighted by molar-refractivity contribution is 5.79. The Hall–Kier alpha value is -1.15. The van der Waals surface area contributed by atoms with Gasteiger partial charge in [0.1, 0.15) is 5.78 Å². The Balaban J connectivity index is 1.90. The Kier molecular flexibility index (Phi) is 3.95. The zero-order valence-electron chi connectivity index (χ0n) is 10.8. The van der Waals surface area contributed by atoms with E-state index in [1.807, 2.05) is 0 Å². The molecule has 1 saturated heterocycles. The van der Waals surface area contributed by atoms with Crippen molar-refractivity contribution in [3.8, 4) is 0 Å². The Morgan fingerprint density at radius 3 is 2.82 bits per heavy atom. The summed E-state index contributed by atoms with van der Waals surface area (Å²) in [5.41, 5.74) is 2.80. The van der Waals surface area contributed by atoms with Crippen LogP contribution in [-0.4, -0.2) is 29.8 Å². The molecule has 2 nitrogen and oxygen atoms in total. The van der Waals surface area contributed by atoms with Crippen LogP contribution in [-0.2, 0) is 11.2 Å². The van der Waals surface area contributed by atoms with Gasteiger partial charge in [-0.3, -0.25) is 9.69 Å². The normalized spacial score (nSPS) is 21.8. The minimum Gasteiger partial charge on any atom is -0.300 e. The second-order valence-electron chi connectivity index (χ2n) is 5.05. The molecule has 0 spiro atoms. The van der Waals surface area contributed by atoms with Crippen molar-refractivity contribution in [1.29, 1.82) is 0 Å². The molecule has 1 aliphatic heterocycles. The highest BCUT2D eigenvalue weighted by Gasteiger charge is 2.22. The molecule has 0 N–H and O–H groups in total. The molecule has 92 valence electrons. The molecule has 2 rings (SSSR count). The van der Waals surface area contributed by atoms with Gasteiger partial charge in [-0.05, 0) is 31.4 Å². The fraction of sp³-hybridized carbons (Fsp3) is 0.533. The predicted molar refractivity (Wildman–Crippen MR) is 70.2 cm³/mol. The van der Waals surface area contributed by atoms with Gasteiger partial charge in [0, 0.05) is 32.0 Å². The molecule has 0 amide bonds. The Labute approximate surface area is 104 Å². The van der Waals surface area contributed by atoms with E-state index in [-0.39, 0.29) is 0 Å². The molecule has 1 unspecified atom stereocenters. The first-order valence-electron chi connectivity index (χ1n) is 6.47. The van der Waals surface area contributed by atoms with Gasteiger partial charge in [-0.15, -0.1) is 0 Å². The van der Waals surface area contributed by atoms with Gasteiger partial charge >= 0.3 is 0 Å². The summed E-state index contributed by atoms with van der Waals surface area (Å²) in [5, 5.41) is 0. The third-order valence-electron chi connectivity index (χ3n) is 3.75. The molecular formula is C15H21NO. The molecule has 0 aliphatic carbocycles. The maximum atomic E-state index is 11.3. The van der Waals surface area contributed by atoms with Crippen molar-refractivity contribution >= 4 is 5.78 Å². The van der Waals surface area contributed by atoms with Gasteiger partial charge in [-0.2, -0.15) is 0 Å². The summed E-state index contributed by atoms with van der Waals surface area (Å²) < 4.78 is 0. The quantitative estimate of drug-likeness (QED) is 0.797. The molecule has 1 aliphatic rings. The maximum Gasteiger partial charge on any atom is 0.135 e. The lowest BCUT2D eigenvalue weighted by Crippen LogP contribution is -2.42. The molecule has 0 radical (unpaired) electrons. The summed E-state index contributed by atoms with van der Waals surface area (Å²) in [6.07, 6.45) is 2.55. The zero-order chi connectivity index (χ0) is 12.3. The first-order chi connectivity index (χ1) is 8.16. The number of Topliss-reactive ketones (excluding diaryl/α,β-unsaturated/α-hetero) is 1. The van der Waals surface area contributed by atoms with Crippen LogP contribution in [0.15, 0.2) is 24.3 Å². The first kappa shape index (κ1) is 12.3. The zero-order valence-corrected chi connectivity index (χ0v) is 10.8. The number of hydrogen-bond donors (Lipinski definition) is 0. The summed E-state index contributed by atoms with van der Waals surface area (Å²) in [4.78, 5) is 13.8. The summed E-state index contributed by atoms with van der Waals surface area (Å²) in [6, 6.07) is 8.97. The van der Waals surface area contributed by atoms with Crippen LogP contribution in [0.5, 0.6) is 0 Å². The van der Waals surface area contributed by atoms with E-state index in [1.54, 1.807) is 0 Å². The number of benzene rings is 1. The smallest absolute Gasteiger partial charge is 0.135 e. The molecule has 1 heterocycles. The lowest BCUT2D eigenvalue weighted by Gasteiger charge is -2.32. The third kappa shape index (κ3) is 3.16. The van der Waals surface area contributed by atoms with Crippen molar-refractivity contribution in [3.05, 3.63) is 35.4 Å². The highest BCUT2D eigenvalue weighted by atomic mass is 16.1. The van der Waals surface area contributed by atoms with Crippen molar-refractivity contribution in [3.63, 3.8) is 0 Å². The van der Waals surface area contributed by atoms with Crippen LogP contribution in [0.4, 0.5) is 0 Å². The van der Waals surface area contributed by atoms with E-state index in [2.05, 4.69) is 43.0 Å². The predicted octanol–water partition coefficient (Wildman–Crippen LogP) is 2.59. The van der Waals surface area contributed by atoms with E-state index in [9.17, 15) is 4.79 Å². The summed E-state index contributed by atoms with van der Waals surface area (Å²) >= 11 is 0. The van der Waals surface area contributed by atoms with Crippen molar-refractivity contribution in [2.75, 3.05) is 13.1 Å². The van der Waals surface area contributed by atoms with E-state index in [1.165, 1.54) is 11.1 Å². The van der Waals surface area contributed by atoms with Crippen molar-refractivity contribution in [1.82, 2.24) is 4.90 Å². The van der Waals surface area contributed by atoms with Crippen LogP contribution in [0.2, 0.25) is 0 Å². The third-order valence-corrected chi connectivity index (χ3v) is 3.75. The van der Waals surface area contributed by atoms with Crippen LogP contribution in [0, 0.1) is 6.92 Å². The molecule has 0 bridgehead atoms. The van der Waals surface area contributed by atoms with Crippen LogP contribution >= 0.6 is 0 Å². The molecule has 17 heavy (non-hydrogen) atoms. The minimum absolute atomic E-state index is 0.417. The SMILES string of the molecule is Cc1ccccc1CCN1CCC(=O)CC1C. The highest BCUT2D eigenvalue weighted by Crippen LogP contribution is 2.15. The van der Waals surface area contributed by atoms with Gasteiger partial charge in [0.25, 0.3) is 0 Å². The lowest BCUT2D eigenvalue weighted by molar-refractivity contribution is -0.122. The Morgan fingerprint density at radius 1 is 1.35 bits per heavy atom. The molecule has 2 heteroatoms. The first-order valence-corrected chi connectivity index (χ1v) is 6.47. The van der Waals surface area contributed by atoms with Crippen LogP contribution in [0.1, 0.15) is 30.9 Å². The average Bonchev–Trinajstić information content (AvgIpc) is 2.30. The van der Waals surface area contributed by atoms with Crippen molar-refractivity contribution < 1.29 is 4.79 Å². The van der Waals surface area contributed by atoms with E-state index in [4.69, 9.17) is 0 Å². The second kappa shape index (κ2) is 5.46. The molecule has 1 aromatic carbocycles. The van der Waals surface area contributed by atoms with Gasteiger partial charge in [0.05, 0.1) is 0 Å². The number of carbonyl (C=O) groups excluding carboxylic acids is 1. The van der Waals surface area contributed by atoms with Gasteiger partial charge in [0.15, 0.2) is 0 Å². The topological polar surface area (TPSA) is 20.3 Å². The van der Waals surface area contributed by atoms with Crippen LogP contribution < -0.4 is 0 Å². The van der Waals surface area contributed by atoms with Crippen LogP contribution in [0.3, 0.4) is 0 Å². The Bertz CT molecular complexity index is 400. The van der Waals surface area contributed by atoms with E-state index >= 15 is 0 Å². The second-order valence-corrected chi connectivity index (χ2v) is 5.05. The molecule has 1 aromatic rings. The number of ketones is 1. The van der Waals surface area contributed by atoms with Gasteiger partial charge < -0.3 is 0 Å². The molecular weight excluding hydrogens is 210 g/mol. The number of hydrogen-bond acceptors (Lipinski definition) is 2. The largest absolute Gasteiger partial charge is 0.300 e. The minimum atomic E-state index is 0.417. The van der Waals surface area contributed by atoms with E-state index < -0.39 is 0 Å². The molecule has 0 aromatic heterocycles. The van der Waals surface area contributed by atoms with Gasteiger partial charge in [-0.25, -0.2) is 0 Å². The average molecular weight is 231 g/mol. The number of aryl methyl sites for hydroxylation is 1. The van der Waals surface area contributed by atoms with Gasteiger partial charge in [-0.1, -0.05) is 24.3 Å². The van der Waals surface area contributed by atoms with E-state index in [0.29, 0.717) is 11.8 Å². The number of rotatable bonds is 3. The standard InChI is InChI=1S/C15H21NO/c1-12-5-3-4-6-14(12)7-9-16-10-8-15(17)11-13(16)2/h3-6,13H,7-11H2,1-2H3.